The standard InChI is InChI=1S/C13H16F4N2O/c14-11-7-9(13(15,16)17)1-2-10(11)12(8-20)19-5-3-18-4-6-19/h1-2,7,12,18,20H,3-6,8H2/t12-/m1/s1. The highest BCUT2D eigenvalue weighted by Gasteiger charge is 2.32. The lowest BCUT2D eigenvalue weighted by atomic mass is 10.0. The molecule has 3 nitrogen and oxygen atoms in total. The molecule has 0 saturated carbocycles. The number of alkyl halides is 3. The molecule has 0 amide bonds. The van der Waals surface area contributed by atoms with Crippen LogP contribution in [0.3, 0.4) is 0 Å². The molecule has 1 heterocycles. The third-order valence-electron chi connectivity index (χ3n) is 3.45. The Kier molecular flexibility index (Phi) is 4.62. The molecule has 1 aromatic carbocycles. The maximum atomic E-state index is 13.9. The molecule has 112 valence electrons. The van der Waals surface area contributed by atoms with E-state index in [1.54, 1.807) is 0 Å². The lowest BCUT2D eigenvalue weighted by molar-refractivity contribution is -0.137. The predicted octanol–water partition coefficient (Wildman–Crippen LogP) is 1.78. The number of aliphatic hydroxyl groups is 1. The summed E-state index contributed by atoms with van der Waals surface area (Å²) in [6.07, 6.45) is -4.57. The van der Waals surface area contributed by atoms with Crippen LogP contribution in [-0.2, 0) is 6.18 Å². The summed E-state index contributed by atoms with van der Waals surface area (Å²) in [6, 6.07) is 1.84. The van der Waals surface area contributed by atoms with Crippen molar-refractivity contribution in [1.82, 2.24) is 10.2 Å². The summed E-state index contributed by atoms with van der Waals surface area (Å²) in [6.45, 7) is 2.32. The third-order valence-corrected chi connectivity index (χ3v) is 3.45. The van der Waals surface area contributed by atoms with Crippen LogP contribution in [0, 0.1) is 5.82 Å². The molecule has 2 rings (SSSR count). The first-order valence-electron chi connectivity index (χ1n) is 6.35. The number of rotatable bonds is 3. The first-order chi connectivity index (χ1) is 9.43. The number of hydrogen-bond donors (Lipinski definition) is 2. The van der Waals surface area contributed by atoms with E-state index in [0.29, 0.717) is 32.2 Å². The number of nitrogens with one attached hydrogen (secondary N) is 1. The van der Waals surface area contributed by atoms with Gasteiger partial charge in [0.1, 0.15) is 5.82 Å². The number of hydrogen-bond acceptors (Lipinski definition) is 3. The van der Waals surface area contributed by atoms with E-state index in [1.807, 2.05) is 4.90 Å². The van der Waals surface area contributed by atoms with Gasteiger partial charge in [0.2, 0.25) is 0 Å². The van der Waals surface area contributed by atoms with Crippen molar-refractivity contribution >= 4 is 0 Å². The van der Waals surface area contributed by atoms with Crippen LogP contribution in [0.2, 0.25) is 0 Å². The molecule has 1 aliphatic heterocycles. The Balaban J connectivity index is 2.26. The third kappa shape index (κ3) is 3.28. The van der Waals surface area contributed by atoms with Crippen LogP contribution in [0.15, 0.2) is 18.2 Å². The van der Waals surface area contributed by atoms with Gasteiger partial charge in [0, 0.05) is 31.7 Å². The molecule has 0 aliphatic carbocycles. The van der Waals surface area contributed by atoms with Crippen molar-refractivity contribution in [2.24, 2.45) is 0 Å². The molecule has 1 fully saturated rings. The lowest BCUT2D eigenvalue weighted by Crippen LogP contribution is -2.46. The van der Waals surface area contributed by atoms with Gasteiger partial charge in [0.05, 0.1) is 18.2 Å². The van der Waals surface area contributed by atoms with E-state index in [1.165, 1.54) is 0 Å². The summed E-state index contributed by atoms with van der Waals surface area (Å²) >= 11 is 0. The summed E-state index contributed by atoms with van der Waals surface area (Å²) in [7, 11) is 0. The van der Waals surface area contributed by atoms with Gasteiger partial charge in [-0.1, -0.05) is 6.07 Å². The van der Waals surface area contributed by atoms with Gasteiger partial charge in [-0.3, -0.25) is 4.90 Å². The Bertz CT molecular complexity index is 458. The molecule has 1 atom stereocenters. The Morgan fingerprint density at radius 1 is 1.25 bits per heavy atom. The Morgan fingerprint density at radius 2 is 1.90 bits per heavy atom. The molecule has 7 heteroatoms. The van der Waals surface area contributed by atoms with E-state index >= 15 is 0 Å². The van der Waals surface area contributed by atoms with Crippen LogP contribution in [0.4, 0.5) is 17.6 Å². The first-order valence-corrected chi connectivity index (χ1v) is 6.35. The topological polar surface area (TPSA) is 35.5 Å². The van der Waals surface area contributed by atoms with Gasteiger partial charge in [-0.05, 0) is 12.1 Å². The fourth-order valence-corrected chi connectivity index (χ4v) is 2.38. The number of nitrogens with zero attached hydrogens (tertiary/aromatic N) is 1. The SMILES string of the molecule is OC[C@H](c1ccc(C(F)(F)F)cc1F)N1CCNCC1. The summed E-state index contributed by atoms with van der Waals surface area (Å²) in [5.41, 5.74) is -0.918. The molecule has 2 N–H and O–H groups in total. The average molecular weight is 292 g/mol. The van der Waals surface area contributed by atoms with E-state index in [0.717, 1.165) is 12.1 Å². The van der Waals surface area contributed by atoms with Crippen molar-refractivity contribution in [3.05, 3.63) is 35.1 Å². The van der Waals surface area contributed by atoms with Crippen molar-refractivity contribution in [3.63, 3.8) is 0 Å². The van der Waals surface area contributed by atoms with E-state index in [2.05, 4.69) is 5.32 Å². The lowest BCUT2D eigenvalue weighted by Gasteiger charge is -2.34. The number of piperazine rings is 1. The predicted molar refractivity (Wildman–Crippen MR) is 65.7 cm³/mol. The monoisotopic (exact) mass is 292 g/mol. The van der Waals surface area contributed by atoms with Crippen LogP contribution >= 0.6 is 0 Å². The number of halogens is 4. The number of benzene rings is 1. The van der Waals surface area contributed by atoms with Gasteiger partial charge in [0.25, 0.3) is 0 Å². The van der Waals surface area contributed by atoms with Gasteiger partial charge in [-0.25, -0.2) is 4.39 Å². The van der Waals surface area contributed by atoms with Crippen molar-refractivity contribution in [2.75, 3.05) is 32.8 Å². The molecule has 20 heavy (non-hydrogen) atoms. The summed E-state index contributed by atoms with van der Waals surface area (Å²) in [5.74, 6) is -0.933. The molecule has 0 bridgehead atoms. The molecule has 0 aromatic heterocycles. The van der Waals surface area contributed by atoms with Crippen LogP contribution in [-0.4, -0.2) is 42.8 Å². The highest BCUT2D eigenvalue weighted by Crippen LogP contribution is 2.32. The van der Waals surface area contributed by atoms with Crippen molar-refractivity contribution in [1.29, 1.82) is 0 Å². The molecule has 0 unspecified atom stereocenters. The summed E-state index contributed by atoms with van der Waals surface area (Å²) in [4.78, 5) is 1.86. The molecule has 0 radical (unpaired) electrons. The van der Waals surface area contributed by atoms with Gasteiger partial charge >= 0.3 is 6.18 Å². The minimum Gasteiger partial charge on any atom is -0.394 e. The summed E-state index contributed by atoms with van der Waals surface area (Å²) in [5, 5.41) is 12.6. The zero-order valence-electron chi connectivity index (χ0n) is 10.8. The van der Waals surface area contributed by atoms with Gasteiger partial charge in [-0.2, -0.15) is 13.2 Å². The van der Waals surface area contributed by atoms with E-state index < -0.39 is 23.6 Å². The van der Waals surface area contributed by atoms with Crippen molar-refractivity contribution in [3.8, 4) is 0 Å². The largest absolute Gasteiger partial charge is 0.416 e. The van der Waals surface area contributed by atoms with Crippen molar-refractivity contribution < 1.29 is 22.7 Å². The normalized spacial score (nSPS) is 19.1. The smallest absolute Gasteiger partial charge is 0.394 e. The van der Waals surface area contributed by atoms with E-state index in [4.69, 9.17) is 0 Å². The van der Waals surface area contributed by atoms with Gasteiger partial charge in [0.15, 0.2) is 0 Å². The van der Waals surface area contributed by atoms with Gasteiger partial charge < -0.3 is 10.4 Å². The maximum Gasteiger partial charge on any atom is 0.416 e. The minimum atomic E-state index is -4.57. The van der Waals surface area contributed by atoms with E-state index in [-0.39, 0.29) is 12.2 Å². The molecule has 1 aliphatic rings. The fourth-order valence-electron chi connectivity index (χ4n) is 2.38. The molecular weight excluding hydrogens is 276 g/mol. The quantitative estimate of drug-likeness (QED) is 0.834. The Morgan fingerprint density at radius 3 is 2.40 bits per heavy atom. The number of aliphatic hydroxyl groups excluding tert-OH is 1. The Labute approximate surface area is 114 Å². The van der Waals surface area contributed by atoms with Crippen LogP contribution in [0.25, 0.3) is 0 Å². The molecule has 0 spiro atoms. The highest BCUT2D eigenvalue weighted by atomic mass is 19.4. The molecular formula is C13H16F4N2O. The van der Waals surface area contributed by atoms with Crippen LogP contribution in [0.5, 0.6) is 0 Å². The van der Waals surface area contributed by atoms with Gasteiger partial charge in [-0.15, -0.1) is 0 Å². The van der Waals surface area contributed by atoms with E-state index in [9.17, 15) is 22.7 Å². The first kappa shape index (κ1) is 15.2. The second-order valence-electron chi connectivity index (χ2n) is 4.72. The molecule has 1 saturated heterocycles. The van der Waals surface area contributed by atoms with Crippen molar-refractivity contribution in [2.45, 2.75) is 12.2 Å². The minimum absolute atomic E-state index is 0.0994. The molecule has 1 aromatic rings. The highest BCUT2D eigenvalue weighted by molar-refractivity contribution is 5.29. The Hall–Kier alpha value is -1.18. The van der Waals surface area contributed by atoms with Crippen LogP contribution in [0.1, 0.15) is 17.2 Å². The second kappa shape index (κ2) is 6.07. The second-order valence-corrected chi connectivity index (χ2v) is 4.72. The fraction of sp³-hybridized carbons (Fsp3) is 0.538. The maximum absolute atomic E-state index is 13.9. The zero-order valence-corrected chi connectivity index (χ0v) is 10.8. The summed E-state index contributed by atoms with van der Waals surface area (Å²) < 4.78 is 51.4. The van der Waals surface area contributed by atoms with Crippen LogP contribution < -0.4 is 5.32 Å². The zero-order chi connectivity index (χ0) is 14.8. The average Bonchev–Trinajstić information content (AvgIpc) is 2.41.